The molecule has 1 fully saturated rings. The van der Waals surface area contributed by atoms with Crippen LogP contribution in [0.4, 0.5) is 10.7 Å². The first kappa shape index (κ1) is 23.1. The Morgan fingerprint density at radius 1 is 1.18 bits per heavy atom. The summed E-state index contributed by atoms with van der Waals surface area (Å²) in [7, 11) is 0. The Bertz CT molecular complexity index is 1070. The topological polar surface area (TPSA) is 125 Å². The van der Waals surface area contributed by atoms with Crippen LogP contribution in [0.5, 0.6) is 0 Å². The molecule has 3 N–H and O–H groups in total. The number of hydrazone groups is 1. The standard InChI is InChI=1S/C24H28N6O4/c31-23(29-27-15-20-9-10-22(34-20)30-11-5-2-6-12-30)21(13-19-14-25-17-26-19)28-24(32)33-16-18-7-3-1-4-8-18/h1,3-4,7-10,14-15,17,21H,2,5-6,11-13,16H2,(H,25,26)(H,28,32)(H,29,31)/b27-15-/t21-/m1/s1. The van der Waals surface area contributed by atoms with Crippen molar-refractivity contribution in [2.45, 2.75) is 38.3 Å². The predicted molar refractivity (Wildman–Crippen MR) is 126 cm³/mol. The molecule has 0 radical (unpaired) electrons. The highest BCUT2D eigenvalue weighted by atomic mass is 16.5. The summed E-state index contributed by atoms with van der Waals surface area (Å²) >= 11 is 0. The van der Waals surface area contributed by atoms with Crippen molar-refractivity contribution in [2.75, 3.05) is 18.0 Å². The summed E-state index contributed by atoms with van der Waals surface area (Å²) < 4.78 is 11.1. The van der Waals surface area contributed by atoms with Crippen molar-refractivity contribution in [3.05, 3.63) is 72.0 Å². The number of nitrogens with one attached hydrogen (secondary N) is 3. The quantitative estimate of drug-likeness (QED) is 0.330. The van der Waals surface area contributed by atoms with Crippen molar-refractivity contribution >= 4 is 24.1 Å². The van der Waals surface area contributed by atoms with Gasteiger partial charge in [0.05, 0.1) is 12.5 Å². The Kier molecular flexibility index (Phi) is 7.94. The number of benzene rings is 1. The zero-order chi connectivity index (χ0) is 23.6. The molecule has 2 aromatic heterocycles. The fourth-order valence-corrected chi connectivity index (χ4v) is 3.67. The van der Waals surface area contributed by atoms with E-state index < -0.39 is 18.0 Å². The molecule has 4 rings (SSSR count). The lowest BCUT2D eigenvalue weighted by Crippen LogP contribution is -2.47. The lowest BCUT2D eigenvalue weighted by Gasteiger charge is -2.25. The summed E-state index contributed by atoms with van der Waals surface area (Å²) in [6.45, 7) is 2.05. The molecule has 0 bridgehead atoms. The largest absolute Gasteiger partial charge is 0.445 e. The molecule has 2 amide bonds. The number of hydrogen-bond donors (Lipinski definition) is 3. The van der Waals surface area contributed by atoms with E-state index in [1.165, 1.54) is 19.0 Å². The number of ether oxygens (including phenoxy) is 1. The van der Waals surface area contributed by atoms with Gasteiger partial charge in [-0.2, -0.15) is 5.10 Å². The van der Waals surface area contributed by atoms with Gasteiger partial charge in [0.25, 0.3) is 5.91 Å². The smallest absolute Gasteiger partial charge is 0.408 e. The Morgan fingerprint density at radius 2 is 2.00 bits per heavy atom. The second-order valence-electron chi connectivity index (χ2n) is 8.00. The first-order chi connectivity index (χ1) is 16.7. The van der Waals surface area contributed by atoms with Crippen LogP contribution in [-0.2, 0) is 22.6 Å². The number of piperidine rings is 1. The molecule has 0 spiro atoms. The summed E-state index contributed by atoms with van der Waals surface area (Å²) in [5, 5.41) is 6.59. The van der Waals surface area contributed by atoms with Crippen LogP contribution < -0.4 is 15.6 Å². The molecule has 3 aromatic rings. The van der Waals surface area contributed by atoms with Gasteiger partial charge in [0, 0.05) is 37.5 Å². The summed E-state index contributed by atoms with van der Waals surface area (Å²) in [6.07, 6.45) is 7.57. The van der Waals surface area contributed by atoms with Gasteiger partial charge >= 0.3 is 6.09 Å². The minimum atomic E-state index is -0.915. The Balaban J connectivity index is 1.32. The first-order valence-corrected chi connectivity index (χ1v) is 11.3. The highest BCUT2D eigenvalue weighted by Gasteiger charge is 2.22. The van der Waals surface area contributed by atoms with Gasteiger partial charge in [-0.25, -0.2) is 15.2 Å². The molecule has 0 saturated carbocycles. The van der Waals surface area contributed by atoms with E-state index in [4.69, 9.17) is 9.15 Å². The van der Waals surface area contributed by atoms with Gasteiger partial charge in [-0.3, -0.25) is 4.79 Å². The van der Waals surface area contributed by atoms with Gasteiger partial charge in [-0.05, 0) is 30.9 Å². The van der Waals surface area contributed by atoms with Crippen molar-refractivity contribution in [3.8, 4) is 0 Å². The van der Waals surface area contributed by atoms with Gasteiger partial charge in [0.15, 0.2) is 5.88 Å². The van der Waals surface area contributed by atoms with Gasteiger partial charge in [-0.1, -0.05) is 30.3 Å². The number of nitrogens with zero attached hydrogens (tertiary/aromatic N) is 3. The second-order valence-corrected chi connectivity index (χ2v) is 8.00. The highest BCUT2D eigenvalue weighted by molar-refractivity contribution is 5.87. The summed E-state index contributed by atoms with van der Waals surface area (Å²) in [5.74, 6) is 0.832. The van der Waals surface area contributed by atoms with Crippen molar-refractivity contribution in [1.82, 2.24) is 20.7 Å². The number of carbonyl (C=O) groups excluding carboxylic acids is 2. The minimum Gasteiger partial charge on any atom is -0.445 e. The zero-order valence-corrected chi connectivity index (χ0v) is 18.8. The number of aromatic nitrogens is 2. The molecule has 1 saturated heterocycles. The third-order valence-electron chi connectivity index (χ3n) is 5.45. The molecule has 178 valence electrons. The molecule has 10 heteroatoms. The van der Waals surface area contributed by atoms with Crippen LogP contribution in [0.2, 0.25) is 0 Å². The number of rotatable bonds is 9. The van der Waals surface area contributed by atoms with E-state index in [1.54, 1.807) is 12.3 Å². The van der Waals surface area contributed by atoms with E-state index in [1.807, 2.05) is 36.4 Å². The second kappa shape index (κ2) is 11.7. The molecule has 1 aliphatic rings. The minimum absolute atomic E-state index is 0.0983. The van der Waals surface area contributed by atoms with Crippen LogP contribution in [0, 0.1) is 0 Å². The SMILES string of the molecule is O=C(N[C@H](Cc1cnc[nH]1)C(=O)N/N=C\c1ccc(N2CCCCC2)o1)OCc1ccccc1. The van der Waals surface area contributed by atoms with E-state index in [0.29, 0.717) is 11.5 Å². The van der Waals surface area contributed by atoms with E-state index in [2.05, 4.69) is 30.7 Å². The third-order valence-corrected chi connectivity index (χ3v) is 5.45. The normalized spacial score (nSPS) is 14.6. The maximum absolute atomic E-state index is 12.8. The molecule has 1 aliphatic heterocycles. The van der Waals surface area contributed by atoms with E-state index >= 15 is 0 Å². The monoisotopic (exact) mass is 464 g/mol. The van der Waals surface area contributed by atoms with Crippen LogP contribution in [0.15, 0.2) is 64.5 Å². The molecule has 0 unspecified atom stereocenters. The Labute approximate surface area is 197 Å². The third kappa shape index (κ3) is 6.71. The number of imidazole rings is 1. The number of hydrogen-bond acceptors (Lipinski definition) is 7. The molecule has 0 aliphatic carbocycles. The predicted octanol–water partition coefficient (Wildman–Crippen LogP) is 2.98. The molecular weight excluding hydrogens is 436 g/mol. The van der Waals surface area contributed by atoms with E-state index in [0.717, 1.165) is 37.4 Å². The fourth-order valence-electron chi connectivity index (χ4n) is 3.67. The van der Waals surface area contributed by atoms with E-state index in [-0.39, 0.29) is 13.0 Å². The molecule has 1 atom stereocenters. The average molecular weight is 465 g/mol. The van der Waals surface area contributed by atoms with Gasteiger partial charge in [0.1, 0.15) is 18.4 Å². The van der Waals surface area contributed by atoms with Crippen LogP contribution in [0.1, 0.15) is 36.3 Å². The first-order valence-electron chi connectivity index (χ1n) is 11.3. The number of amides is 2. The van der Waals surface area contributed by atoms with Gasteiger partial charge in [-0.15, -0.1) is 0 Å². The average Bonchev–Trinajstić information content (AvgIpc) is 3.56. The molecule has 3 heterocycles. The van der Waals surface area contributed by atoms with Crippen molar-refractivity contribution in [2.24, 2.45) is 5.10 Å². The number of furan rings is 1. The van der Waals surface area contributed by atoms with Crippen molar-refractivity contribution in [3.63, 3.8) is 0 Å². The number of carbonyl (C=O) groups is 2. The van der Waals surface area contributed by atoms with Gasteiger partial charge < -0.3 is 24.4 Å². The number of H-pyrrole nitrogens is 1. The highest BCUT2D eigenvalue weighted by Crippen LogP contribution is 2.21. The van der Waals surface area contributed by atoms with Crippen molar-refractivity contribution < 1.29 is 18.7 Å². The molecular formula is C24H28N6O4. The molecule has 10 nitrogen and oxygen atoms in total. The maximum Gasteiger partial charge on any atom is 0.408 e. The maximum atomic E-state index is 12.8. The lowest BCUT2D eigenvalue weighted by atomic mass is 10.1. The van der Waals surface area contributed by atoms with Crippen molar-refractivity contribution in [1.29, 1.82) is 0 Å². The lowest BCUT2D eigenvalue weighted by molar-refractivity contribution is -0.123. The van der Waals surface area contributed by atoms with Crippen LogP contribution in [0.3, 0.4) is 0 Å². The zero-order valence-electron chi connectivity index (χ0n) is 18.8. The Morgan fingerprint density at radius 3 is 2.76 bits per heavy atom. The number of aromatic amines is 1. The number of anilines is 1. The summed E-state index contributed by atoms with van der Waals surface area (Å²) in [4.78, 5) is 34.1. The van der Waals surface area contributed by atoms with Crippen LogP contribution in [0.25, 0.3) is 0 Å². The van der Waals surface area contributed by atoms with Crippen LogP contribution >= 0.6 is 0 Å². The molecule has 34 heavy (non-hydrogen) atoms. The van der Waals surface area contributed by atoms with Crippen LogP contribution in [-0.4, -0.2) is 47.3 Å². The summed E-state index contributed by atoms with van der Waals surface area (Å²) in [5.41, 5.74) is 4.00. The number of alkyl carbamates (subject to hydrolysis) is 1. The summed E-state index contributed by atoms with van der Waals surface area (Å²) in [6, 6.07) is 12.1. The Hall–Kier alpha value is -4.08. The van der Waals surface area contributed by atoms with E-state index in [9.17, 15) is 9.59 Å². The van der Waals surface area contributed by atoms with Gasteiger partial charge in [0.2, 0.25) is 0 Å². The molecule has 1 aromatic carbocycles. The fraction of sp³-hybridized carbons (Fsp3) is 0.333.